The monoisotopic (exact) mass is 318 g/mol. The first-order valence-electron chi connectivity index (χ1n) is 8.36. The van der Waals surface area contributed by atoms with Gasteiger partial charge in [0.2, 0.25) is 0 Å². The average molecular weight is 318 g/mol. The van der Waals surface area contributed by atoms with E-state index in [4.69, 9.17) is 4.74 Å². The molecule has 0 radical (unpaired) electrons. The van der Waals surface area contributed by atoms with Crippen molar-refractivity contribution in [1.29, 1.82) is 0 Å². The number of hydrogen-bond donors (Lipinski definition) is 3. The number of benzene rings is 1. The van der Waals surface area contributed by atoms with Crippen molar-refractivity contribution in [3.05, 3.63) is 35.9 Å². The molecule has 23 heavy (non-hydrogen) atoms. The molecule has 1 aliphatic heterocycles. The fraction of sp³-hybridized carbons (Fsp3) is 0.611. The molecule has 0 bridgehead atoms. The third kappa shape index (κ3) is 3.35. The molecule has 0 spiro atoms. The van der Waals surface area contributed by atoms with Gasteiger partial charge in [-0.15, -0.1) is 0 Å². The highest BCUT2D eigenvalue weighted by atomic mass is 16.5. The van der Waals surface area contributed by atoms with Crippen LogP contribution < -0.4 is 10.6 Å². The number of urea groups is 1. The Morgan fingerprint density at radius 2 is 2.13 bits per heavy atom. The lowest BCUT2D eigenvalue weighted by atomic mass is 9.57. The number of fused-ring (bicyclic) bond motifs is 1. The molecule has 5 heteroatoms. The maximum absolute atomic E-state index is 12.1. The Kier molecular flexibility index (Phi) is 4.60. The van der Waals surface area contributed by atoms with Crippen LogP contribution in [0, 0.1) is 11.3 Å². The van der Waals surface area contributed by atoms with E-state index in [0.717, 1.165) is 18.6 Å². The number of nitrogens with one attached hydrogen (secondary N) is 2. The van der Waals surface area contributed by atoms with Crippen molar-refractivity contribution in [2.45, 2.75) is 44.9 Å². The van der Waals surface area contributed by atoms with E-state index in [9.17, 15) is 9.90 Å². The molecule has 3 N–H and O–H groups in total. The van der Waals surface area contributed by atoms with Crippen molar-refractivity contribution in [3.63, 3.8) is 0 Å². The van der Waals surface area contributed by atoms with E-state index in [2.05, 4.69) is 24.5 Å². The van der Waals surface area contributed by atoms with Crippen LogP contribution in [0.2, 0.25) is 0 Å². The summed E-state index contributed by atoms with van der Waals surface area (Å²) in [5.41, 5.74) is 1.04. The quantitative estimate of drug-likeness (QED) is 0.774. The number of carbonyl (C=O) groups is 1. The minimum Gasteiger partial charge on any atom is -0.391 e. The Bertz CT molecular complexity index is 546. The Hall–Kier alpha value is -1.59. The number of aliphatic hydroxyl groups is 1. The van der Waals surface area contributed by atoms with Gasteiger partial charge in [-0.2, -0.15) is 0 Å². The number of hydrogen-bond acceptors (Lipinski definition) is 3. The standard InChI is InChI=1S/C18H26N2O3/c1-18(2)15(14-8-9-23-16(14)18)20-17(22)19-11-13(21)10-12-6-4-3-5-7-12/h3-7,13-16,21H,8-11H2,1-2H3,(H2,19,20,22). The van der Waals surface area contributed by atoms with Crippen LogP contribution in [0.25, 0.3) is 0 Å². The summed E-state index contributed by atoms with van der Waals surface area (Å²) in [5.74, 6) is 0.421. The molecular weight excluding hydrogens is 292 g/mol. The molecule has 1 saturated heterocycles. The third-order valence-corrected chi connectivity index (χ3v) is 5.20. The smallest absolute Gasteiger partial charge is 0.315 e. The molecule has 0 aromatic heterocycles. The molecule has 1 aromatic rings. The molecule has 5 nitrogen and oxygen atoms in total. The van der Waals surface area contributed by atoms with Gasteiger partial charge < -0.3 is 20.5 Å². The van der Waals surface area contributed by atoms with Crippen molar-refractivity contribution in [3.8, 4) is 0 Å². The van der Waals surface area contributed by atoms with Gasteiger partial charge in [-0.05, 0) is 12.0 Å². The summed E-state index contributed by atoms with van der Waals surface area (Å²) in [6.07, 6.45) is 1.22. The van der Waals surface area contributed by atoms with Gasteiger partial charge in [-0.25, -0.2) is 4.79 Å². The number of amides is 2. The zero-order chi connectivity index (χ0) is 16.4. The maximum atomic E-state index is 12.1. The van der Waals surface area contributed by atoms with E-state index in [1.54, 1.807) is 0 Å². The molecule has 126 valence electrons. The summed E-state index contributed by atoms with van der Waals surface area (Å²) in [6.45, 7) is 5.30. The molecule has 1 saturated carbocycles. The summed E-state index contributed by atoms with van der Waals surface area (Å²) >= 11 is 0. The van der Waals surface area contributed by atoms with E-state index in [0.29, 0.717) is 12.3 Å². The van der Waals surface area contributed by atoms with E-state index < -0.39 is 6.10 Å². The SMILES string of the molecule is CC1(C)C(NC(=O)NCC(O)Cc2ccccc2)C2CCOC21. The fourth-order valence-electron chi connectivity index (χ4n) is 3.98. The van der Waals surface area contributed by atoms with Gasteiger partial charge in [0.25, 0.3) is 0 Å². The van der Waals surface area contributed by atoms with E-state index in [1.165, 1.54) is 0 Å². The topological polar surface area (TPSA) is 70.6 Å². The molecule has 4 atom stereocenters. The summed E-state index contributed by atoms with van der Waals surface area (Å²) in [4.78, 5) is 12.1. The summed E-state index contributed by atoms with van der Waals surface area (Å²) < 4.78 is 5.73. The Labute approximate surface area is 137 Å². The number of aliphatic hydroxyl groups excluding tert-OH is 1. The van der Waals surface area contributed by atoms with Crippen LogP contribution in [0.5, 0.6) is 0 Å². The lowest BCUT2D eigenvalue weighted by Gasteiger charge is -2.54. The third-order valence-electron chi connectivity index (χ3n) is 5.20. The van der Waals surface area contributed by atoms with Crippen molar-refractivity contribution in [2.24, 2.45) is 11.3 Å². The Balaban J connectivity index is 1.43. The van der Waals surface area contributed by atoms with Crippen LogP contribution in [-0.4, -0.2) is 42.5 Å². The molecular formula is C18H26N2O3. The normalized spacial score (nSPS) is 29.3. The van der Waals surface area contributed by atoms with Crippen molar-refractivity contribution in [1.82, 2.24) is 10.6 Å². The highest BCUT2D eigenvalue weighted by Crippen LogP contribution is 2.51. The molecule has 1 aromatic carbocycles. The van der Waals surface area contributed by atoms with E-state index in [1.807, 2.05) is 30.3 Å². The Morgan fingerprint density at radius 3 is 2.87 bits per heavy atom. The Morgan fingerprint density at radius 1 is 1.39 bits per heavy atom. The first-order chi connectivity index (χ1) is 11.0. The zero-order valence-corrected chi connectivity index (χ0v) is 13.8. The fourth-order valence-corrected chi connectivity index (χ4v) is 3.98. The van der Waals surface area contributed by atoms with Gasteiger partial charge in [0.1, 0.15) is 0 Å². The van der Waals surface area contributed by atoms with E-state index >= 15 is 0 Å². The second-order valence-corrected chi connectivity index (χ2v) is 7.24. The number of rotatable bonds is 5. The lowest BCUT2D eigenvalue weighted by Crippen LogP contribution is -2.67. The van der Waals surface area contributed by atoms with Crippen LogP contribution in [0.4, 0.5) is 4.79 Å². The first-order valence-corrected chi connectivity index (χ1v) is 8.36. The molecule has 1 heterocycles. The molecule has 2 amide bonds. The van der Waals surface area contributed by atoms with Gasteiger partial charge in [0.05, 0.1) is 12.2 Å². The average Bonchev–Trinajstić information content (AvgIpc) is 2.99. The summed E-state index contributed by atoms with van der Waals surface area (Å²) in [5, 5.41) is 15.9. The van der Waals surface area contributed by atoms with Crippen LogP contribution in [0.15, 0.2) is 30.3 Å². The predicted molar refractivity (Wildman–Crippen MR) is 88.1 cm³/mol. The van der Waals surface area contributed by atoms with Gasteiger partial charge in [-0.1, -0.05) is 44.2 Å². The second-order valence-electron chi connectivity index (χ2n) is 7.24. The van der Waals surface area contributed by atoms with Gasteiger partial charge in [0.15, 0.2) is 0 Å². The molecule has 1 aliphatic carbocycles. The summed E-state index contributed by atoms with van der Waals surface area (Å²) in [6, 6.07) is 9.71. The van der Waals surface area contributed by atoms with Gasteiger partial charge in [-0.3, -0.25) is 0 Å². The first kappa shape index (κ1) is 16.3. The minimum atomic E-state index is -0.583. The van der Waals surface area contributed by atoms with Gasteiger partial charge >= 0.3 is 6.03 Å². The van der Waals surface area contributed by atoms with Crippen LogP contribution in [-0.2, 0) is 11.2 Å². The van der Waals surface area contributed by atoms with Crippen molar-refractivity contribution < 1.29 is 14.6 Å². The number of carbonyl (C=O) groups excluding carboxylic acids is 1. The lowest BCUT2D eigenvalue weighted by molar-refractivity contribution is -0.108. The van der Waals surface area contributed by atoms with Crippen molar-refractivity contribution in [2.75, 3.05) is 13.2 Å². The van der Waals surface area contributed by atoms with E-state index in [-0.39, 0.29) is 30.1 Å². The highest BCUT2D eigenvalue weighted by Gasteiger charge is 2.59. The van der Waals surface area contributed by atoms with Gasteiger partial charge in [0, 0.05) is 36.9 Å². The largest absolute Gasteiger partial charge is 0.391 e. The van der Waals surface area contributed by atoms with Crippen LogP contribution >= 0.6 is 0 Å². The molecule has 3 rings (SSSR count). The maximum Gasteiger partial charge on any atom is 0.315 e. The molecule has 2 aliphatic rings. The second kappa shape index (κ2) is 6.49. The number of ether oxygens (including phenoxy) is 1. The highest BCUT2D eigenvalue weighted by molar-refractivity contribution is 5.74. The summed E-state index contributed by atoms with van der Waals surface area (Å²) in [7, 11) is 0. The minimum absolute atomic E-state index is 0.0266. The van der Waals surface area contributed by atoms with Crippen LogP contribution in [0.3, 0.4) is 0 Å². The van der Waals surface area contributed by atoms with Crippen LogP contribution in [0.1, 0.15) is 25.8 Å². The molecule has 2 fully saturated rings. The van der Waals surface area contributed by atoms with Crippen molar-refractivity contribution >= 4 is 6.03 Å². The molecule has 4 unspecified atom stereocenters. The predicted octanol–water partition coefficient (Wildman–Crippen LogP) is 1.70. The zero-order valence-electron chi connectivity index (χ0n) is 13.8.